The summed E-state index contributed by atoms with van der Waals surface area (Å²) in [6.07, 6.45) is 9.41. The molecule has 0 radical (unpaired) electrons. The van der Waals surface area contributed by atoms with E-state index in [1.807, 2.05) is 79.7 Å². The van der Waals surface area contributed by atoms with Crippen LogP contribution in [0.5, 0.6) is 0 Å². The molecule has 0 bridgehead atoms. The second-order valence-corrected chi connectivity index (χ2v) is 10.3. The van der Waals surface area contributed by atoms with Crippen molar-refractivity contribution in [1.82, 2.24) is 5.32 Å². The van der Waals surface area contributed by atoms with Crippen molar-refractivity contribution in [1.29, 1.82) is 0 Å². The molecule has 1 atom stereocenters. The molecular formula is C33H41N3O2. The van der Waals surface area contributed by atoms with Crippen molar-refractivity contribution in [3.63, 3.8) is 0 Å². The van der Waals surface area contributed by atoms with Gasteiger partial charge in [0.1, 0.15) is 0 Å². The topological polar surface area (TPSA) is 61.4 Å². The van der Waals surface area contributed by atoms with Crippen LogP contribution in [0.2, 0.25) is 0 Å². The van der Waals surface area contributed by atoms with E-state index >= 15 is 0 Å². The minimum Gasteiger partial charge on any atom is -0.371 e. The van der Waals surface area contributed by atoms with Crippen molar-refractivity contribution < 1.29 is 9.59 Å². The number of benzene rings is 3. The minimum absolute atomic E-state index is 0.128. The first kappa shape index (κ1) is 27.4. The van der Waals surface area contributed by atoms with Crippen molar-refractivity contribution in [2.24, 2.45) is 0 Å². The Balaban J connectivity index is 1.49. The zero-order chi connectivity index (χ0) is 26.7. The maximum absolute atomic E-state index is 13.5. The molecule has 1 heterocycles. The van der Waals surface area contributed by atoms with E-state index in [1.165, 1.54) is 37.7 Å². The highest BCUT2D eigenvalue weighted by molar-refractivity contribution is 6.06. The molecular weight excluding hydrogens is 470 g/mol. The van der Waals surface area contributed by atoms with E-state index in [0.29, 0.717) is 16.8 Å². The van der Waals surface area contributed by atoms with Gasteiger partial charge in [0, 0.05) is 30.0 Å². The first-order chi connectivity index (χ1) is 18.5. The van der Waals surface area contributed by atoms with Gasteiger partial charge >= 0.3 is 0 Å². The lowest BCUT2D eigenvalue weighted by molar-refractivity contribution is 0.0939. The molecule has 0 aromatic heterocycles. The maximum Gasteiger partial charge on any atom is 0.255 e. The molecule has 200 valence electrons. The molecule has 2 amide bonds. The number of unbranched alkanes of at least 4 members (excludes halogenated alkanes) is 3. The highest BCUT2D eigenvalue weighted by Gasteiger charge is 2.21. The third kappa shape index (κ3) is 7.47. The van der Waals surface area contributed by atoms with E-state index < -0.39 is 0 Å². The molecule has 5 nitrogen and oxygen atoms in total. The van der Waals surface area contributed by atoms with Crippen LogP contribution in [-0.4, -0.2) is 24.9 Å². The van der Waals surface area contributed by atoms with Gasteiger partial charge < -0.3 is 15.5 Å². The number of amides is 2. The summed E-state index contributed by atoms with van der Waals surface area (Å²) in [5.41, 5.74) is 5.07. The predicted octanol–water partition coefficient (Wildman–Crippen LogP) is 7.54. The predicted molar refractivity (Wildman–Crippen MR) is 157 cm³/mol. The summed E-state index contributed by atoms with van der Waals surface area (Å²) < 4.78 is 0. The van der Waals surface area contributed by atoms with Crippen molar-refractivity contribution >= 4 is 23.2 Å². The van der Waals surface area contributed by atoms with Gasteiger partial charge in [0.2, 0.25) is 0 Å². The van der Waals surface area contributed by atoms with Gasteiger partial charge in [-0.15, -0.1) is 0 Å². The van der Waals surface area contributed by atoms with Crippen LogP contribution in [0.25, 0.3) is 0 Å². The van der Waals surface area contributed by atoms with Crippen LogP contribution in [-0.2, 0) is 6.42 Å². The molecule has 0 spiro atoms. The summed E-state index contributed by atoms with van der Waals surface area (Å²) >= 11 is 0. The number of nitrogens with one attached hydrogen (secondary N) is 2. The lowest BCUT2D eigenvalue weighted by atomic mass is 10.0. The highest BCUT2D eigenvalue weighted by Crippen LogP contribution is 2.28. The number of hydrogen-bond donors (Lipinski definition) is 2. The Kier molecular flexibility index (Phi) is 9.97. The van der Waals surface area contributed by atoms with Crippen molar-refractivity contribution in [2.45, 2.75) is 71.3 Å². The zero-order valence-corrected chi connectivity index (χ0v) is 22.8. The monoisotopic (exact) mass is 511 g/mol. The first-order valence-electron chi connectivity index (χ1n) is 14.2. The van der Waals surface area contributed by atoms with Gasteiger partial charge in [-0.05, 0) is 80.5 Å². The van der Waals surface area contributed by atoms with E-state index in [9.17, 15) is 9.59 Å². The Bertz CT molecular complexity index is 1180. The number of rotatable bonds is 11. The fraction of sp³-hybridized carbons (Fsp3) is 0.394. The summed E-state index contributed by atoms with van der Waals surface area (Å²) in [5, 5.41) is 6.17. The summed E-state index contributed by atoms with van der Waals surface area (Å²) in [6, 6.07) is 23.4. The van der Waals surface area contributed by atoms with Gasteiger partial charge in [0.15, 0.2) is 0 Å². The summed E-state index contributed by atoms with van der Waals surface area (Å²) in [6.45, 7) is 6.08. The molecule has 0 aliphatic carbocycles. The van der Waals surface area contributed by atoms with Crippen LogP contribution in [0.4, 0.5) is 11.4 Å². The van der Waals surface area contributed by atoms with Gasteiger partial charge in [-0.2, -0.15) is 0 Å². The largest absolute Gasteiger partial charge is 0.371 e. The Morgan fingerprint density at radius 2 is 1.58 bits per heavy atom. The van der Waals surface area contributed by atoms with E-state index in [-0.39, 0.29) is 17.9 Å². The van der Waals surface area contributed by atoms with Gasteiger partial charge in [0.25, 0.3) is 11.8 Å². The van der Waals surface area contributed by atoms with E-state index in [1.54, 1.807) is 0 Å². The van der Waals surface area contributed by atoms with Crippen LogP contribution in [0.1, 0.15) is 96.7 Å². The van der Waals surface area contributed by atoms with Gasteiger partial charge in [-0.25, -0.2) is 0 Å². The second-order valence-electron chi connectivity index (χ2n) is 10.3. The average Bonchev–Trinajstić information content (AvgIpc) is 2.96. The lowest BCUT2D eigenvalue weighted by Crippen LogP contribution is -2.33. The van der Waals surface area contributed by atoms with Crippen molar-refractivity contribution in [3.8, 4) is 0 Å². The molecule has 1 saturated heterocycles. The normalized spacial score (nSPS) is 14.1. The number of piperidine rings is 1. The number of carbonyl (C=O) groups is 2. The SMILES string of the molecule is CCCCCCc1ccc(C(=O)Nc2ccc(N3CCCCC3)c(C(=O)NC(C)c3ccccc3)c2)cc1. The zero-order valence-electron chi connectivity index (χ0n) is 22.8. The molecule has 1 aliphatic rings. The van der Waals surface area contributed by atoms with Crippen molar-refractivity contribution in [3.05, 3.63) is 95.1 Å². The first-order valence-corrected chi connectivity index (χ1v) is 14.2. The Morgan fingerprint density at radius 3 is 2.29 bits per heavy atom. The number of nitrogens with zero attached hydrogens (tertiary/aromatic N) is 1. The van der Waals surface area contributed by atoms with E-state index in [4.69, 9.17) is 0 Å². The number of anilines is 2. The Labute approximate surface area is 227 Å². The molecule has 38 heavy (non-hydrogen) atoms. The van der Waals surface area contributed by atoms with Crippen molar-refractivity contribution in [2.75, 3.05) is 23.3 Å². The lowest BCUT2D eigenvalue weighted by Gasteiger charge is -2.31. The molecule has 4 rings (SSSR count). The summed E-state index contributed by atoms with van der Waals surface area (Å²) in [4.78, 5) is 28.8. The summed E-state index contributed by atoms with van der Waals surface area (Å²) in [5.74, 6) is -0.303. The summed E-state index contributed by atoms with van der Waals surface area (Å²) in [7, 11) is 0. The third-order valence-electron chi connectivity index (χ3n) is 7.38. The second kappa shape index (κ2) is 13.8. The number of hydrogen-bond acceptors (Lipinski definition) is 3. The van der Waals surface area contributed by atoms with Crippen LogP contribution >= 0.6 is 0 Å². The molecule has 2 N–H and O–H groups in total. The van der Waals surface area contributed by atoms with Crippen LogP contribution in [0, 0.1) is 0 Å². The van der Waals surface area contributed by atoms with Gasteiger partial charge in [0.05, 0.1) is 11.6 Å². The quantitative estimate of drug-likeness (QED) is 0.261. The fourth-order valence-corrected chi connectivity index (χ4v) is 5.09. The van der Waals surface area contributed by atoms with Crippen LogP contribution in [0.3, 0.4) is 0 Å². The molecule has 3 aromatic rings. The standard InChI is InChI=1S/C33H41N3O2/c1-3-4-5-8-13-26-16-18-28(19-17-26)32(37)35-29-20-21-31(36-22-11-7-12-23-36)30(24-29)33(38)34-25(2)27-14-9-6-10-15-27/h6,9-10,14-21,24-25H,3-5,7-8,11-13,22-23H2,1-2H3,(H,34,38)(H,35,37). The van der Waals surface area contributed by atoms with E-state index in [0.717, 1.165) is 43.6 Å². The van der Waals surface area contributed by atoms with Crippen LogP contribution in [0.15, 0.2) is 72.8 Å². The molecule has 0 saturated carbocycles. The van der Waals surface area contributed by atoms with Crippen LogP contribution < -0.4 is 15.5 Å². The molecule has 1 unspecified atom stereocenters. The van der Waals surface area contributed by atoms with Gasteiger partial charge in [-0.3, -0.25) is 9.59 Å². The average molecular weight is 512 g/mol. The molecule has 5 heteroatoms. The smallest absolute Gasteiger partial charge is 0.255 e. The highest BCUT2D eigenvalue weighted by atomic mass is 16.2. The molecule has 1 fully saturated rings. The minimum atomic E-state index is -0.169. The third-order valence-corrected chi connectivity index (χ3v) is 7.38. The number of carbonyl (C=O) groups excluding carboxylic acids is 2. The Hall–Kier alpha value is -3.60. The van der Waals surface area contributed by atoms with E-state index in [2.05, 4.69) is 22.5 Å². The number of aryl methyl sites for hydroxylation is 1. The Morgan fingerprint density at radius 1 is 0.842 bits per heavy atom. The molecule has 3 aromatic carbocycles. The fourth-order valence-electron chi connectivity index (χ4n) is 5.09. The molecule has 1 aliphatic heterocycles. The van der Waals surface area contributed by atoms with Gasteiger partial charge in [-0.1, -0.05) is 68.7 Å². The maximum atomic E-state index is 13.5.